The number of amides is 1. The third-order valence-electron chi connectivity index (χ3n) is 6.95. The molecule has 0 radical (unpaired) electrons. The number of nitrogens with zero attached hydrogens (tertiary/aromatic N) is 6. The molecule has 11 heteroatoms. The van der Waals surface area contributed by atoms with E-state index in [1.165, 1.54) is 10.9 Å². The highest BCUT2D eigenvalue weighted by molar-refractivity contribution is 6.07. The van der Waals surface area contributed by atoms with Crippen molar-refractivity contribution < 1.29 is 9.59 Å². The number of carbonyl (C=O) groups excluding carboxylic acids is 2. The zero-order valence-electron chi connectivity index (χ0n) is 24.6. The summed E-state index contributed by atoms with van der Waals surface area (Å²) in [6, 6.07) is 13.7. The maximum Gasteiger partial charge on any atom is 0.332 e. The third kappa shape index (κ3) is 6.66. The van der Waals surface area contributed by atoms with E-state index in [9.17, 15) is 14.4 Å². The van der Waals surface area contributed by atoms with Crippen LogP contribution in [0.5, 0.6) is 0 Å². The zero-order chi connectivity index (χ0) is 30.6. The molecule has 0 saturated heterocycles. The fourth-order valence-electron chi connectivity index (χ4n) is 4.96. The van der Waals surface area contributed by atoms with Crippen LogP contribution in [0.1, 0.15) is 50.0 Å². The molecular formula is C32H34N8O3. The Balaban J connectivity index is 1.44. The van der Waals surface area contributed by atoms with Gasteiger partial charge in [-0.1, -0.05) is 32.9 Å². The first-order valence-electron chi connectivity index (χ1n) is 14.1. The molecule has 0 bridgehead atoms. The molecule has 1 aromatic carbocycles. The van der Waals surface area contributed by atoms with Gasteiger partial charge in [-0.3, -0.25) is 14.6 Å². The van der Waals surface area contributed by atoms with Crippen LogP contribution in [0, 0.1) is 5.41 Å². The largest absolute Gasteiger partial charge is 0.358 e. The SMILES string of the molecule is CCN(C(=O)c1ccncc1)c1cncnc1N[C@@H](Cc1ccc(-n2c(=O)[nH]c3cccnc32)cc1)C(=O)CC(C)(C)C. The number of Topliss-reactive ketones (excluding diaryl/α,β-unsaturated/α-hetero) is 1. The summed E-state index contributed by atoms with van der Waals surface area (Å²) in [7, 11) is 0. The zero-order valence-corrected chi connectivity index (χ0v) is 24.6. The second kappa shape index (κ2) is 12.4. The molecule has 11 nitrogen and oxygen atoms in total. The van der Waals surface area contributed by atoms with Gasteiger partial charge in [-0.25, -0.2) is 24.3 Å². The van der Waals surface area contributed by atoms with Gasteiger partial charge in [-0.15, -0.1) is 0 Å². The third-order valence-corrected chi connectivity index (χ3v) is 6.95. The molecule has 220 valence electrons. The number of imidazole rings is 1. The number of hydrogen-bond acceptors (Lipinski definition) is 8. The van der Waals surface area contributed by atoms with Gasteiger partial charge in [0.1, 0.15) is 12.0 Å². The van der Waals surface area contributed by atoms with Gasteiger partial charge < -0.3 is 15.2 Å². The molecule has 0 fully saturated rings. The van der Waals surface area contributed by atoms with Crippen molar-refractivity contribution in [3.8, 4) is 5.69 Å². The van der Waals surface area contributed by atoms with Crippen LogP contribution in [0.15, 0.2) is 84.4 Å². The van der Waals surface area contributed by atoms with Gasteiger partial charge in [0, 0.05) is 37.1 Å². The van der Waals surface area contributed by atoms with Crippen LogP contribution in [-0.2, 0) is 11.2 Å². The first-order chi connectivity index (χ1) is 20.6. The summed E-state index contributed by atoms with van der Waals surface area (Å²) < 4.78 is 1.52. The lowest BCUT2D eigenvalue weighted by Crippen LogP contribution is -2.36. The second-order valence-electron chi connectivity index (χ2n) is 11.5. The lowest BCUT2D eigenvalue weighted by atomic mass is 9.86. The molecule has 4 aromatic heterocycles. The molecule has 2 N–H and O–H groups in total. The van der Waals surface area contributed by atoms with Crippen LogP contribution < -0.4 is 15.9 Å². The van der Waals surface area contributed by atoms with E-state index >= 15 is 0 Å². The Hall–Kier alpha value is -5.19. The van der Waals surface area contributed by atoms with Crippen molar-refractivity contribution in [3.05, 3.63) is 101 Å². The molecule has 0 saturated carbocycles. The number of fused-ring (bicyclic) bond motifs is 1. The molecule has 5 rings (SSSR count). The molecule has 1 amide bonds. The van der Waals surface area contributed by atoms with Crippen LogP contribution in [0.4, 0.5) is 11.5 Å². The molecule has 0 aliphatic rings. The average molecular weight is 579 g/mol. The number of hydrogen-bond donors (Lipinski definition) is 2. The van der Waals surface area contributed by atoms with E-state index in [1.807, 2.05) is 52.0 Å². The summed E-state index contributed by atoms with van der Waals surface area (Å²) in [6.45, 7) is 8.30. The van der Waals surface area contributed by atoms with Crippen molar-refractivity contribution in [3.63, 3.8) is 0 Å². The van der Waals surface area contributed by atoms with Crippen molar-refractivity contribution in [2.24, 2.45) is 5.41 Å². The molecule has 0 spiro atoms. The Morgan fingerprint density at radius 1 is 1.00 bits per heavy atom. The highest BCUT2D eigenvalue weighted by Gasteiger charge is 2.27. The van der Waals surface area contributed by atoms with Crippen molar-refractivity contribution in [2.75, 3.05) is 16.8 Å². The quantitative estimate of drug-likeness (QED) is 0.245. The maximum absolute atomic E-state index is 13.7. The van der Waals surface area contributed by atoms with Crippen LogP contribution in [0.3, 0.4) is 0 Å². The van der Waals surface area contributed by atoms with Gasteiger partial charge in [0.2, 0.25) is 0 Å². The number of ketones is 1. The number of carbonyl (C=O) groups is 2. The normalized spacial score (nSPS) is 12.2. The molecule has 4 heterocycles. The minimum atomic E-state index is -0.633. The fourth-order valence-corrected chi connectivity index (χ4v) is 4.96. The molecule has 43 heavy (non-hydrogen) atoms. The van der Waals surface area contributed by atoms with Crippen LogP contribution in [-0.4, -0.2) is 53.8 Å². The number of pyridine rings is 2. The first kappa shape index (κ1) is 29.3. The molecule has 1 atom stereocenters. The Labute approximate surface area is 249 Å². The summed E-state index contributed by atoms with van der Waals surface area (Å²) in [4.78, 5) is 61.1. The van der Waals surface area contributed by atoms with E-state index in [-0.39, 0.29) is 22.8 Å². The van der Waals surface area contributed by atoms with Crippen molar-refractivity contribution >= 4 is 34.4 Å². The minimum absolute atomic E-state index is 0.0155. The average Bonchev–Trinajstić information content (AvgIpc) is 3.33. The van der Waals surface area contributed by atoms with Crippen molar-refractivity contribution in [1.82, 2.24) is 29.5 Å². The number of rotatable bonds is 10. The Morgan fingerprint density at radius 3 is 2.44 bits per heavy atom. The van der Waals surface area contributed by atoms with E-state index in [1.54, 1.807) is 54.0 Å². The molecule has 0 aliphatic carbocycles. The minimum Gasteiger partial charge on any atom is -0.358 e. The predicted molar refractivity (Wildman–Crippen MR) is 166 cm³/mol. The Bertz CT molecular complexity index is 1790. The molecule has 0 aliphatic heterocycles. The standard InChI is InChI=1S/C32H34N8O3/c1-5-39(30(42)22-12-15-33-16-13-22)26-19-34-20-36-28(26)37-25(27(41)18-32(2,3)4)17-21-8-10-23(11-9-21)40-29-24(38-31(40)43)7-6-14-35-29/h6-16,19-20,25H,5,17-18H2,1-4H3,(H,38,43)(H,34,36,37)/t25-/m0/s1. The highest BCUT2D eigenvalue weighted by atomic mass is 16.2. The monoisotopic (exact) mass is 578 g/mol. The van der Waals surface area contributed by atoms with Gasteiger partial charge in [-0.2, -0.15) is 0 Å². The Kier molecular flexibility index (Phi) is 8.42. The number of nitrogens with one attached hydrogen (secondary N) is 2. The van der Waals surface area contributed by atoms with Gasteiger partial charge >= 0.3 is 5.69 Å². The van der Waals surface area contributed by atoms with Gasteiger partial charge in [0.25, 0.3) is 5.91 Å². The molecular weight excluding hydrogens is 544 g/mol. The van der Waals surface area contributed by atoms with E-state index in [0.29, 0.717) is 53.3 Å². The van der Waals surface area contributed by atoms with Crippen LogP contribution >= 0.6 is 0 Å². The van der Waals surface area contributed by atoms with E-state index in [4.69, 9.17) is 0 Å². The van der Waals surface area contributed by atoms with Gasteiger partial charge in [-0.05, 0) is 60.7 Å². The molecule has 5 aromatic rings. The predicted octanol–water partition coefficient (Wildman–Crippen LogP) is 4.59. The Morgan fingerprint density at radius 2 is 1.74 bits per heavy atom. The molecule has 0 unspecified atom stereocenters. The van der Waals surface area contributed by atoms with Gasteiger partial charge in [0.15, 0.2) is 17.2 Å². The smallest absolute Gasteiger partial charge is 0.332 e. The topological polar surface area (TPSA) is 139 Å². The van der Waals surface area contributed by atoms with Crippen LogP contribution in [0.2, 0.25) is 0 Å². The summed E-state index contributed by atoms with van der Waals surface area (Å²) in [5.41, 5.74) is 3.19. The van der Waals surface area contributed by atoms with E-state index in [2.05, 4.69) is 30.2 Å². The number of benzene rings is 1. The number of H-pyrrole nitrogens is 1. The lowest BCUT2D eigenvalue weighted by Gasteiger charge is -2.27. The summed E-state index contributed by atoms with van der Waals surface area (Å²) in [5.74, 6) is 0.180. The van der Waals surface area contributed by atoms with Crippen molar-refractivity contribution in [2.45, 2.75) is 46.6 Å². The lowest BCUT2D eigenvalue weighted by molar-refractivity contribution is -0.121. The summed E-state index contributed by atoms with van der Waals surface area (Å²) in [6.07, 6.45) is 8.45. The second-order valence-corrected chi connectivity index (χ2v) is 11.5. The fraction of sp³-hybridized carbons (Fsp3) is 0.281. The first-order valence-corrected chi connectivity index (χ1v) is 14.1. The number of anilines is 2. The maximum atomic E-state index is 13.7. The number of aromatic amines is 1. The van der Waals surface area contributed by atoms with Crippen LogP contribution in [0.25, 0.3) is 16.9 Å². The summed E-state index contributed by atoms with van der Waals surface area (Å²) in [5, 5.41) is 3.34. The summed E-state index contributed by atoms with van der Waals surface area (Å²) >= 11 is 0. The number of aromatic nitrogens is 6. The van der Waals surface area contributed by atoms with E-state index in [0.717, 1.165) is 5.56 Å². The van der Waals surface area contributed by atoms with Gasteiger partial charge in [0.05, 0.1) is 23.4 Å². The highest BCUT2D eigenvalue weighted by Crippen LogP contribution is 2.27. The van der Waals surface area contributed by atoms with E-state index < -0.39 is 6.04 Å². The van der Waals surface area contributed by atoms with Crippen molar-refractivity contribution in [1.29, 1.82) is 0 Å².